The number of nitrogens with two attached hydrogens (primary N) is 1. The van der Waals surface area contributed by atoms with Crippen LogP contribution in [0.3, 0.4) is 0 Å². The summed E-state index contributed by atoms with van der Waals surface area (Å²) in [6.07, 6.45) is 8.15. The molecule has 3 atom stereocenters. The number of aldehydes is 1. The van der Waals surface area contributed by atoms with Crippen molar-refractivity contribution in [2.45, 2.75) is 87.8 Å². The first-order valence-corrected chi connectivity index (χ1v) is 13.5. The maximum absolute atomic E-state index is 13.9. The van der Waals surface area contributed by atoms with Crippen LogP contribution in [-0.2, 0) is 11.2 Å². The van der Waals surface area contributed by atoms with Crippen molar-refractivity contribution in [2.75, 3.05) is 13.6 Å². The first-order valence-electron chi connectivity index (χ1n) is 11.7. The van der Waals surface area contributed by atoms with E-state index in [1.54, 1.807) is 11.9 Å². The molecule has 0 bridgehead atoms. The maximum Gasteiger partial charge on any atom is 0.161 e. The molecule has 1 saturated heterocycles. The lowest BCUT2D eigenvalue weighted by molar-refractivity contribution is -0.111. The molecule has 33 heavy (non-hydrogen) atoms. The van der Waals surface area contributed by atoms with Gasteiger partial charge in [-0.25, -0.2) is 13.2 Å². The van der Waals surface area contributed by atoms with Crippen molar-refractivity contribution in [1.29, 1.82) is 0 Å². The van der Waals surface area contributed by atoms with E-state index in [9.17, 15) is 18.0 Å². The van der Waals surface area contributed by atoms with Gasteiger partial charge >= 0.3 is 0 Å². The van der Waals surface area contributed by atoms with Crippen molar-refractivity contribution in [3.05, 3.63) is 35.1 Å². The highest BCUT2D eigenvalue weighted by atomic mass is 32.2. The predicted octanol–water partition coefficient (Wildman–Crippen LogP) is 5.50. The molecule has 0 spiro atoms. The van der Waals surface area contributed by atoms with Gasteiger partial charge in [0.15, 0.2) is 11.6 Å². The fourth-order valence-corrected chi connectivity index (χ4v) is 5.55. The predicted molar refractivity (Wildman–Crippen MR) is 134 cm³/mol. The first kappa shape index (κ1) is 28.5. The number of carbonyl (C=O) groups is 1. The van der Waals surface area contributed by atoms with E-state index in [4.69, 9.17) is 5.14 Å². The molecule has 4 nitrogen and oxygen atoms in total. The van der Waals surface area contributed by atoms with E-state index in [0.29, 0.717) is 24.4 Å². The normalized spacial score (nSPS) is 22.4. The molecule has 2 fully saturated rings. The van der Waals surface area contributed by atoms with Crippen LogP contribution < -0.4 is 9.86 Å². The largest absolute Gasteiger partial charge is 0.303 e. The molecule has 1 aliphatic carbocycles. The topological polar surface area (TPSA) is 58.4 Å². The number of piperidine rings is 1. The number of hydrogen-bond acceptors (Lipinski definition) is 6. The van der Waals surface area contributed by atoms with Gasteiger partial charge in [-0.05, 0) is 83.5 Å². The molecule has 1 aromatic carbocycles. The monoisotopic (exact) mass is 505 g/mol. The van der Waals surface area contributed by atoms with Gasteiger partial charge < -0.3 is 9.69 Å². The number of likely N-dealkylation sites (tertiary alicyclic amines) is 1. The summed E-state index contributed by atoms with van der Waals surface area (Å²) in [6, 6.07) is 2.10. The summed E-state index contributed by atoms with van der Waals surface area (Å²) >= 11 is 2.90. The van der Waals surface area contributed by atoms with Crippen molar-refractivity contribution in [1.82, 2.24) is 9.62 Å². The van der Waals surface area contributed by atoms with E-state index < -0.39 is 17.5 Å². The minimum Gasteiger partial charge on any atom is -0.303 e. The minimum atomic E-state index is -1.15. The third kappa shape index (κ3) is 9.43. The van der Waals surface area contributed by atoms with E-state index >= 15 is 0 Å². The number of nitrogens with zero attached hydrogens (tertiary/aromatic N) is 1. The van der Waals surface area contributed by atoms with Crippen molar-refractivity contribution in [3.8, 4) is 0 Å². The summed E-state index contributed by atoms with van der Waals surface area (Å²) < 4.78 is 43.5. The third-order valence-electron chi connectivity index (χ3n) is 6.19. The van der Waals surface area contributed by atoms with Crippen LogP contribution in [0.1, 0.15) is 64.9 Å². The van der Waals surface area contributed by atoms with Gasteiger partial charge in [-0.15, -0.1) is 0 Å². The SMILES string of the molecule is CC(C)(C=O)NSC1CC1.CCCC1CC(C(Cc2cc(F)c(F)cc2F)SN)CCN1C. The molecule has 1 aliphatic heterocycles. The minimum absolute atomic E-state index is 0.0161. The van der Waals surface area contributed by atoms with Crippen molar-refractivity contribution >= 4 is 30.2 Å². The molecule has 0 aromatic heterocycles. The maximum atomic E-state index is 13.9. The lowest BCUT2D eigenvalue weighted by Crippen LogP contribution is -2.43. The summed E-state index contributed by atoms with van der Waals surface area (Å²) in [4.78, 5) is 12.8. The van der Waals surface area contributed by atoms with Crippen molar-refractivity contribution in [3.63, 3.8) is 0 Å². The lowest BCUT2D eigenvalue weighted by atomic mass is 9.84. The Morgan fingerprint density at radius 2 is 1.88 bits per heavy atom. The van der Waals surface area contributed by atoms with Crippen molar-refractivity contribution in [2.24, 2.45) is 11.1 Å². The average molecular weight is 506 g/mol. The highest BCUT2D eigenvalue weighted by Crippen LogP contribution is 2.34. The molecule has 3 unspecified atom stereocenters. The third-order valence-corrected chi connectivity index (χ3v) is 8.54. The Kier molecular flexibility index (Phi) is 11.6. The fourth-order valence-electron chi connectivity index (χ4n) is 3.92. The van der Waals surface area contributed by atoms with Crippen LogP contribution in [0.25, 0.3) is 0 Å². The van der Waals surface area contributed by atoms with E-state index in [1.807, 2.05) is 13.8 Å². The Hall–Kier alpha value is -0.740. The van der Waals surface area contributed by atoms with E-state index in [1.165, 1.54) is 24.8 Å². The molecular formula is C24H38F3N3OS2. The molecule has 188 valence electrons. The molecule has 3 N–H and O–H groups in total. The summed E-state index contributed by atoms with van der Waals surface area (Å²) in [5.41, 5.74) is -0.148. The second kappa shape index (κ2) is 13.4. The van der Waals surface area contributed by atoms with Crippen LogP contribution in [0.2, 0.25) is 0 Å². The second-order valence-electron chi connectivity index (χ2n) is 9.70. The molecule has 3 rings (SSSR count). The summed E-state index contributed by atoms with van der Waals surface area (Å²) in [5.74, 6) is -2.48. The zero-order chi connectivity index (χ0) is 24.6. The molecule has 1 saturated carbocycles. The standard InChI is InChI=1S/C17H25F3N2S.C7H13NOS/c1-3-4-13-7-11(5-6-22(13)2)17(23-21)9-12-8-15(19)16(20)10-14(12)18;1-7(2,5-9)8-10-6-3-4-6/h8,10-11,13,17H,3-7,9,21H2,1-2H3;5-6,8H,3-4H2,1-2H3. The van der Waals surface area contributed by atoms with Gasteiger partial charge in [0, 0.05) is 22.6 Å². The second-order valence-corrected chi connectivity index (χ2v) is 11.7. The summed E-state index contributed by atoms with van der Waals surface area (Å²) in [5, 5.41) is 6.62. The van der Waals surface area contributed by atoms with Crippen LogP contribution in [0.5, 0.6) is 0 Å². The number of benzene rings is 1. The highest BCUT2D eigenvalue weighted by Gasteiger charge is 2.31. The van der Waals surface area contributed by atoms with Gasteiger partial charge in [-0.1, -0.05) is 37.2 Å². The molecule has 0 radical (unpaired) electrons. The Bertz CT molecular complexity index is 765. The van der Waals surface area contributed by atoms with Crippen LogP contribution in [0, 0.1) is 23.4 Å². The van der Waals surface area contributed by atoms with Gasteiger partial charge in [0.25, 0.3) is 0 Å². The first-order chi connectivity index (χ1) is 15.6. The quantitative estimate of drug-likeness (QED) is 0.249. The molecular weight excluding hydrogens is 467 g/mol. The molecule has 2 aliphatic rings. The molecule has 1 aromatic rings. The Balaban J connectivity index is 0.000000321. The number of rotatable bonds is 10. The average Bonchev–Trinajstić information content (AvgIpc) is 3.61. The van der Waals surface area contributed by atoms with Gasteiger partial charge in [0.05, 0.1) is 5.54 Å². The van der Waals surface area contributed by atoms with E-state index in [0.717, 1.165) is 49.8 Å². The summed E-state index contributed by atoms with van der Waals surface area (Å²) in [6.45, 7) is 6.93. The number of halogens is 3. The van der Waals surface area contributed by atoms with E-state index in [-0.39, 0.29) is 16.4 Å². The van der Waals surface area contributed by atoms with E-state index in [2.05, 4.69) is 23.6 Å². The van der Waals surface area contributed by atoms with Crippen molar-refractivity contribution < 1.29 is 18.0 Å². The van der Waals surface area contributed by atoms with Crippen LogP contribution >= 0.6 is 23.9 Å². The van der Waals surface area contributed by atoms with Gasteiger partial charge in [0.1, 0.15) is 12.1 Å². The van der Waals surface area contributed by atoms with Gasteiger partial charge in [-0.2, -0.15) is 0 Å². The highest BCUT2D eigenvalue weighted by molar-refractivity contribution is 7.98. The number of nitrogens with one attached hydrogen (secondary N) is 1. The van der Waals surface area contributed by atoms with Gasteiger partial charge in [0.2, 0.25) is 0 Å². The van der Waals surface area contributed by atoms with Crippen LogP contribution in [-0.4, -0.2) is 46.9 Å². The zero-order valence-corrected chi connectivity index (χ0v) is 21.7. The molecule has 0 amide bonds. The lowest BCUT2D eigenvalue weighted by Gasteiger charge is -2.40. The van der Waals surface area contributed by atoms with Crippen LogP contribution in [0.15, 0.2) is 12.1 Å². The Morgan fingerprint density at radius 1 is 1.21 bits per heavy atom. The molecule has 1 heterocycles. The smallest absolute Gasteiger partial charge is 0.161 e. The number of carbonyl (C=O) groups excluding carboxylic acids is 1. The number of hydrogen-bond donors (Lipinski definition) is 2. The summed E-state index contributed by atoms with van der Waals surface area (Å²) in [7, 11) is 2.14. The fraction of sp³-hybridized carbons (Fsp3) is 0.708. The molecule has 9 heteroatoms. The Labute approximate surface area is 205 Å². The van der Waals surface area contributed by atoms with Crippen LogP contribution in [0.4, 0.5) is 13.2 Å². The Morgan fingerprint density at radius 3 is 2.45 bits per heavy atom. The zero-order valence-electron chi connectivity index (χ0n) is 20.1. The van der Waals surface area contributed by atoms with Gasteiger partial charge in [-0.3, -0.25) is 9.86 Å².